The molecule has 0 aliphatic carbocycles. The van der Waals surface area contributed by atoms with E-state index in [0.29, 0.717) is 16.9 Å². The molecule has 98 valence electrons. The molecule has 0 radical (unpaired) electrons. The van der Waals surface area contributed by atoms with Gasteiger partial charge in [-0.05, 0) is 25.5 Å². The zero-order chi connectivity index (χ0) is 13.0. The van der Waals surface area contributed by atoms with Crippen molar-refractivity contribution in [1.82, 2.24) is 9.97 Å². The molecule has 1 unspecified atom stereocenters. The van der Waals surface area contributed by atoms with Crippen LogP contribution in [0.5, 0.6) is 0 Å². The third-order valence-electron chi connectivity index (χ3n) is 2.97. The van der Waals surface area contributed by atoms with Gasteiger partial charge in [-0.25, -0.2) is 14.8 Å². The van der Waals surface area contributed by atoms with Gasteiger partial charge in [0, 0.05) is 18.0 Å². The van der Waals surface area contributed by atoms with Crippen LogP contribution in [-0.2, 0) is 0 Å². The lowest BCUT2D eigenvalue weighted by Gasteiger charge is -2.21. The third-order valence-corrected chi connectivity index (χ3v) is 4.37. The minimum atomic E-state index is -0.984. The van der Waals surface area contributed by atoms with Gasteiger partial charge in [-0.15, -0.1) is 0 Å². The summed E-state index contributed by atoms with van der Waals surface area (Å²) >= 11 is 1.98. The van der Waals surface area contributed by atoms with Crippen LogP contribution in [0.3, 0.4) is 0 Å². The number of thioether (sulfide) groups is 1. The topological polar surface area (TPSA) is 75.1 Å². The molecule has 0 spiro atoms. The zero-order valence-corrected chi connectivity index (χ0v) is 11.2. The van der Waals surface area contributed by atoms with Crippen LogP contribution in [0.2, 0.25) is 0 Å². The highest BCUT2D eigenvalue weighted by molar-refractivity contribution is 7.99. The van der Waals surface area contributed by atoms with Gasteiger partial charge in [0.1, 0.15) is 0 Å². The number of aromatic carboxylic acids is 1. The number of nitrogens with zero attached hydrogens (tertiary/aromatic N) is 2. The van der Waals surface area contributed by atoms with Gasteiger partial charge >= 0.3 is 5.97 Å². The first kappa shape index (κ1) is 13.1. The Labute approximate surface area is 110 Å². The first-order chi connectivity index (χ1) is 8.66. The van der Waals surface area contributed by atoms with Crippen molar-refractivity contribution in [2.75, 3.05) is 17.6 Å². The van der Waals surface area contributed by atoms with Crippen molar-refractivity contribution in [3.8, 4) is 0 Å². The van der Waals surface area contributed by atoms with E-state index in [1.807, 2.05) is 11.8 Å². The summed E-state index contributed by atoms with van der Waals surface area (Å²) in [5.41, 5.74) is 0.656. The van der Waals surface area contributed by atoms with Crippen LogP contribution in [-0.4, -0.2) is 38.6 Å². The number of rotatable bonds is 4. The second-order valence-corrected chi connectivity index (χ2v) is 5.78. The fourth-order valence-corrected chi connectivity index (χ4v) is 3.17. The molecule has 0 bridgehead atoms. The molecule has 0 aromatic carbocycles. The molecule has 1 aromatic rings. The number of carboxylic acids is 1. The summed E-state index contributed by atoms with van der Waals surface area (Å²) in [7, 11) is 0. The Morgan fingerprint density at radius 3 is 3.06 bits per heavy atom. The number of aryl methyl sites for hydroxylation is 1. The van der Waals surface area contributed by atoms with Gasteiger partial charge in [-0.2, -0.15) is 11.8 Å². The third kappa shape index (κ3) is 3.35. The summed E-state index contributed by atoms with van der Waals surface area (Å²) < 4.78 is 0. The second-order valence-electron chi connectivity index (χ2n) is 4.37. The van der Waals surface area contributed by atoms with Gasteiger partial charge in [0.05, 0.1) is 11.3 Å². The van der Waals surface area contributed by atoms with Crippen molar-refractivity contribution in [1.29, 1.82) is 0 Å². The van der Waals surface area contributed by atoms with Crippen molar-refractivity contribution >= 4 is 23.7 Å². The maximum Gasteiger partial charge on any atom is 0.339 e. The quantitative estimate of drug-likeness (QED) is 0.871. The smallest absolute Gasteiger partial charge is 0.339 e. The molecule has 1 fully saturated rings. The summed E-state index contributed by atoms with van der Waals surface area (Å²) in [4.78, 5) is 19.0. The van der Waals surface area contributed by atoms with Crippen molar-refractivity contribution in [3.63, 3.8) is 0 Å². The maximum atomic E-state index is 10.8. The molecular formula is C12H17N3O2S. The van der Waals surface area contributed by atoms with E-state index in [9.17, 15) is 4.79 Å². The second kappa shape index (κ2) is 6.04. The molecule has 1 aromatic heterocycles. The van der Waals surface area contributed by atoms with Gasteiger partial charge in [-0.3, -0.25) is 0 Å². The summed E-state index contributed by atoms with van der Waals surface area (Å²) in [6.45, 7) is 2.53. The molecule has 2 N–H and O–H groups in total. The molecule has 1 saturated heterocycles. The molecular weight excluding hydrogens is 250 g/mol. The molecule has 0 amide bonds. The highest BCUT2D eigenvalue weighted by Gasteiger charge is 2.14. The van der Waals surface area contributed by atoms with E-state index < -0.39 is 5.97 Å². The predicted octanol–water partition coefficient (Wildman–Crippen LogP) is 2.18. The van der Waals surface area contributed by atoms with E-state index in [1.165, 1.54) is 31.2 Å². The first-order valence-corrected chi connectivity index (χ1v) is 7.14. The van der Waals surface area contributed by atoms with E-state index in [4.69, 9.17) is 5.11 Å². The van der Waals surface area contributed by atoms with E-state index in [-0.39, 0.29) is 5.56 Å². The average Bonchev–Trinajstić information content (AvgIpc) is 2.37. The SMILES string of the molecule is Cc1nc(NCC2CCCCS2)ncc1C(=O)O. The first-order valence-electron chi connectivity index (χ1n) is 6.09. The largest absolute Gasteiger partial charge is 0.478 e. The van der Waals surface area contributed by atoms with Crippen molar-refractivity contribution < 1.29 is 9.90 Å². The van der Waals surface area contributed by atoms with E-state index in [2.05, 4.69) is 15.3 Å². The van der Waals surface area contributed by atoms with Crippen molar-refractivity contribution in [2.45, 2.75) is 31.4 Å². The Bertz CT molecular complexity index is 433. The number of carboxylic acid groups (broad SMARTS) is 1. The standard InChI is InChI=1S/C12H17N3O2S/c1-8-10(11(16)17)7-14-12(15-8)13-6-9-4-2-3-5-18-9/h7,9H,2-6H2,1H3,(H,16,17)(H,13,14,15). The normalized spacial score (nSPS) is 19.5. The number of hydrogen-bond donors (Lipinski definition) is 2. The molecule has 1 aliphatic rings. The highest BCUT2D eigenvalue weighted by atomic mass is 32.2. The summed E-state index contributed by atoms with van der Waals surface area (Å²) in [5.74, 6) is 0.759. The Hall–Kier alpha value is -1.30. The van der Waals surface area contributed by atoms with Crippen LogP contribution in [0.25, 0.3) is 0 Å². The number of nitrogens with one attached hydrogen (secondary N) is 1. The van der Waals surface area contributed by atoms with Crippen LogP contribution in [0.1, 0.15) is 35.3 Å². The van der Waals surface area contributed by atoms with E-state index in [1.54, 1.807) is 6.92 Å². The lowest BCUT2D eigenvalue weighted by atomic mass is 10.2. The van der Waals surface area contributed by atoms with Crippen LogP contribution in [0.4, 0.5) is 5.95 Å². The van der Waals surface area contributed by atoms with Crippen molar-refractivity contribution in [2.24, 2.45) is 0 Å². The monoisotopic (exact) mass is 267 g/mol. The highest BCUT2D eigenvalue weighted by Crippen LogP contribution is 2.24. The van der Waals surface area contributed by atoms with Gasteiger partial charge < -0.3 is 10.4 Å². The number of hydrogen-bond acceptors (Lipinski definition) is 5. The Morgan fingerprint density at radius 2 is 2.44 bits per heavy atom. The van der Waals surface area contributed by atoms with Crippen LogP contribution in [0, 0.1) is 6.92 Å². The molecule has 1 atom stereocenters. The van der Waals surface area contributed by atoms with Crippen LogP contribution < -0.4 is 5.32 Å². The molecule has 1 aliphatic heterocycles. The lowest BCUT2D eigenvalue weighted by Crippen LogP contribution is -2.21. The van der Waals surface area contributed by atoms with Gasteiger partial charge in [-0.1, -0.05) is 6.42 Å². The van der Waals surface area contributed by atoms with Gasteiger partial charge in [0.25, 0.3) is 0 Å². The van der Waals surface area contributed by atoms with Gasteiger partial charge in [0.2, 0.25) is 5.95 Å². The predicted molar refractivity (Wildman–Crippen MR) is 72.3 cm³/mol. The molecule has 0 saturated carbocycles. The Kier molecular flexibility index (Phi) is 4.41. The molecule has 18 heavy (non-hydrogen) atoms. The average molecular weight is 267 g/mol. The number of carbonyl (C=O) groups is 1. The summed E-state index contributed by atoms with van der Waals surface area (Å²) in [5, 5.41) is 12.7. The number of aromatic nitrogens is 2. The molecule has 2 heterocycles. The van der Waals surface area contributed by atoms with Gasteiger partial charge in [0.15, 0.2) is 0 Å². The van der Waals surface area contributed by atoms with Crippen molar-refractivity contribution in [3.05, 3.63) is 17.5 Å². The molecule has 5 nitrogen and oxygen atoms in total. The maximum absolute atomic E-state index is 10.8. The fraction of sp³-hybridized carbons (Fsp3) is 0.583. The Morgan fingerprint density at radius 1 is 1.61 bits per heavy atom. The minimum absolute atomic E-state index is 0.160. The lowest BCUT2D eigenvalue weighted by molar-refractivity contribution is 0.0695. The van der Waals surface area contributed by atoms with Crippen LogP contribution in [0.15, 0.2) is 6.20 Å². The zero-order valence-electron chi connectivity index (χ0n) is 10.3. The summed E-state index contributed by atoms with van der Waals surface area (Å²) in [6.07, 6.45) is 5.19. The number of anilines is 1. The fourth-order valence-electron chi connectivity index (χ4n) is 1.94. The Balaban J connectivity index is 1.93. The molecule has 6 heteroatoms. The molecule has 2 rings (SSSR count). The van der Waals surface area contributed by atoms with E-state index >= 15 is 0 Å². The summed E-state index contributed by atoms with van der Waals surface area (Å²) in [6, 6.07) is 0. The van der Waals surface area contributed by atoms with E-state index in [0.717, 1.165) is 6.54 Å². The van der Waals surface area contributed by atoms with Crippen LogP contribution >= 0.6 is 11.8 Å². The minimum Gasteiger partial charge on any atom is -0.478 e.